The molecule has 0 saturated carbocycles. The maximum Gasteiger partial charge on any atom is 0.0808 e. The Morgan fingerprint density at radius 2 is 2.25 bits per heavy atom. The van der Waals surface area contributed by atoms with Gasteiger partial charge in [0.2, 0.25) is 0 Å². The molecule has 1 unspecified atom stereocenters. The molecule has 1 aromatic rings. The van der Waals surface area contributed by atoms with Crippen molar-refractivity contribution in [2.45, 2.75) is 13.0 Å². The van der Waals surface area contributed by atoms with Gasteiger partial charge in [0.1, 0.15) is 0 Å². The lowest BCUT2D eigenvalue weighted by Gasteiger charge is -2.05. The maximum atomic E-state index is 4.41. The van der Waals surface area contributed by atoms with Gasteiger partial charge in [0.05, 0.1) is 11.7 Å². The van der Waals surface area contributed by atoms with E-state index in [-0.39, 0.29) is 6.04 Å². The largest absolute Gasteiger partial charge is 0.283 e. The van der Waals surface area contributed by atoms with Gasteiger partial charge in [-0.1, -0.05) is 37.5 Å². The fourth-order valence-corrected chi connectivity index (χ4v) is 1.24. The molecule has 0 saturated heterocycles. The number of hydrogen-bond acceptors (Lipinski definition) is 2. The second-order valence-electron chi connectivity index (χ2n) is 3.32. The fraction of sp³-hybridized carbons (Fsp3) is 0.143. The average molecular weight is 212 g/mol. The summed E-state index contributed by atoms with van der Waals surface area (Å²) in [6, 6.07) is 5.80. The van der Waals surface area contributed by atoms with E-state index in [1.54, 1.807) is 24.6 Å². The van der Waals surface area contributed by atoms with Crippen molar-refractivity contribution in [3.8, 4) is 0 Å². The molecule has 82 valence electrons. The summed E-state index contributed by atoms with van der Waals surface area (Å²) in [6.45, 7) is 9.42. The predicted octanol–water partition coefficient (Wildman–Crippen LogP) is 3.19. The van der Waals surface area contributed by atoms with Crippen molar-refractivity contribution < 1.29 is 0 Å². The van der Waals surface area contributed by atoms with Crippen LogP contribution in [-0.4, -0.2) is 17.2 Å². The van der Waals surface area contributed by atoms with E-state index < -0.39 is 0 Å². The van der Waals surface area contributed by atoms with Gasteiger partial charge in [-0.3, -0.25) is 9.98 Å². The van der Waals surface area contributed by atoms with Gasteiger partial charge in [-0.2, -0.15) is 0 Å². The van der Waals surface area contributed by atoms with Crippen molar-refractivity contribution in [3.63, 3.8) is 0 Å². The molecule has 0 amide bonds. The molecular weight excluding hydrogens is 196 g/mol. The number of allylic oxidation sites excluding steroid dienone is 2. The van der Waals surface area contributed by atoms with Crippen molar-refractivity contribution in [1.29, 1.82) is 0 Å². The lowest BCUT2D eigenvalue weighted by Crippen LogP contribution is -2.01. The van der Waals surface area contributed by atoms with E-state index in [0.717, 1.165) is 11.3 Å². The first-order valence-electron chi connectivity index (χ1n) is 5.17. The Hall–Kier alpha value is -1.96. The summed E-state index contributed by atoms with van der Waals surface area (Å²) < 4.78 is 0. The SMILES string of the molecule is C=C/C=C(\C=C)C(C)N=Cc1ccccn1. The topological polar surface area (TPSA) is 25.2 Å². The predicted molar refractivity (Wildman–Crippen MR) is 69.8 cm³/mol. The Balaban J connectivity index is 2.74. The average Bonchev–Trinajstić information content (AvgIpc) is 2.34. The highest BCUT2D eigenvalue weighted by Gasteiger charge is 2.00. The molecule has 16 heavy (non-hydrogen) atoms. The summed E-state index contributed by atoms with van der Waals surface area (Å²) in [4.78, 5) is 8.58. The summed E-state index contributed by atoms with van der Waals surface area (Å²) in [5.74, 6) is 0. The van der Waals surface area contributed by atoms with Crippen LogP contribution in [-0.2, 0) is 0 Å². The molecule has 0 aliphatic carbocycles. The van der Waals surface area contributed by atoms with Gasteiger partial charge >= 0.3 is 0 Å². The van der Waals surface area contributed by atoms with Crippen molar-refractivity contribution in [2.24, 2.45) is 4.99 Å². The maximum absolute atomic E-state index is 4.41. The zero-order valence-corrected chi connectivity index (χ0v) is 9.50. The molecule has 0 bridgehead atoms. The first kappa shape index (κ1) is 12.1. The zero-order valence-electron chi connectivity index (χ0n) is 9.50. The van der Waals surface area contributed by atoms with Crippen molar-refractivity contribution in [1.82, 2.24) is 4.98 Å². The van der Waals surface area contributed by atoms with E-state index >= 15 is 0 Å². The van der Waals surface area contributed by atoms with Gasteiger partial charge in [0, 0.05) is 12.4 Å². The minimum atomic E-state index is 0.0671. The smallest absolute Gasteiger partial charge is 0.0808 e. The summed E-state index contributed by atoms with van der Waals surface area (Å²) in [5.41, 5.74) is 1.90. The molecule has 0 N–H and O–H groups in total. The third kappa shape index (κ3) is 3.65. The van der Waals surface area contributed by atoms with Crippen molar-refractivity contribution in [2.75, 3.05) is 0 Å². The number of aromatic nitrogens is 1. The van der Waals surface area contributed by atoms with Gasteiger partial charge in [0.25, 0.3) is 0 Å². The minimum absolute atomic E-state index is 0.0671. The molecule has 2 nitrogen and oxygen atoms in total. The van der Waals surface area contributed by atoms with Crippen LogP contribution in [0.2, 0.25) is 0 Å². The van der Waals surface area contributed by atoms with Crippen LogP contribution in [0.1, 0.15) is 12.6 Å². The minimum Gasteiger partial charge on any atom is -0.283 e. The second-order valence-corrected chi connectivity index (χ2v) is 3.32. The Morgan fingerprint density at radius 1 is 1.44 bits per heavy atom. The van der Waals surface area contributed by atoms with Gasteiger partial charge in [-0.25, -0.2) is 0 Å². The van der Waals surface area contributed by atoms with Gasteiger partial charge in [-0.15, -0.1) is 0 Å². The van der Waals surface area contributed by atoms with Gasteiger partial charge < -0.3 is 0 Å². The molecule has 0 aliphatic rings. The molecule has 0 aromatic carbocycles. The number of aliphatic imine (C=N–C) groups is 1. The van der Waals surface area contributed by atoms with E-state index in [0.29, 0.717) is 0 Å². The quantitative estimate of drug-likeness (QED) is 0.543. The molecule has 0 radical (unpaired) electrons. The van der Waals surface area contributed by atoms with E-state index in [9.17, 15) is 0 Å². The Bertz CT molecular complexity index is 402. The molecule has 1 atom stereocenters. The second kappa shape index (κ2) is 6.51. The number of rotatable bonds is 5. The number of nitrogens with zero attached hydrogens (tertiary/aromatic N) is 2. The molecule has 0 fully saturated rings. The van der Waals surface area contributed by atoms with Crippen LogP contribution in [0, 0.1) is 0 Å². The van der Waals surface area contributed by atoms with E-state index in [1.807, 2.05) is 31.2 Å². The lowest BCUT2D eigenvalue weighted by atomic mass is 10.1. The summed E-state index contributed by atoms with van der Waals surface area (Å²) >= 11 is 0. The summed E-state index contributed by atoms with van der Waals surface area (Å²) in [6.07, 6.45) is 8.96. The Morgan fingerprint density at radius 3 is 2.81 bits per heavy atom. The highest BCUT2D eigenvalue weighted by Crippen LogP contribution is 2.07. The first-order valence-corrected chi connectivity index (χ1v) is 5.17. The van der Waals surface area contributed by atoms with Crippen molar-refractivity contribution >= 4 is 6.21 Å². The molecule has 1 aromatic heterocycles. The van der Waals surface area contributed by atoms with Crippen LogP contribution < -0.4 is 0 Å². The van der Waals surface area contributed by atoms with Crippen LogP contribution in [0.25, 0.3) is 0 Å². The van der Waals surface area contributed by atoms with Crippen LogP contribution in [0.15, 0.2) is 66.3 Å². The first-order chi connectivity index (χ1) is 7.77. The van der Waals surface area contributed by atoms with Crippen LogP contribution in [0.4, 0.5) is 0 Å². The fourth-order valence-electron chi connectivity index (χ4n) is 1.24. The molecule has 0 spiro atoms. The molecule has 1 rings (SSSR count). The Labute approximate surface area is 96.8 Å². The lowest BCUT2D eigenvalue weighted by molar-refractivity contribution is 0.891. The molecule has 1 heterocycles. The third-order valence-electron chi connectivity index (χ3n) is 2.15. The van der Waals surface area contributed by atoms with Crippen LogP contribution in [0.5, 0.6) is 0 Å². The normalized spacial score (nSPS) is 13.7. The van der Waals surface area contributed by atoms with Crippen LogP contribution >= 0.6 is 0 Å². The van der Waals surface area contributed by atoms with Gasteiger partial charge in [-0.05, 0) is 24.6 Å². The summed E-state index contributed by atoms with van der Waals surface area (Å²) in [5, 5.41) is 0. The molecule has 0 aliphatic heterocycles. The standard InChI is InChI=1S/C14H16N2/c1-4-8-13(5-2)12(3)16-11-14-9-6-7-10-15-14/h4-12H,1-2H2,3H3/b13-8+,16-11?. The zero-order chi connectivity index (χ0) is 11.8. The van der Waals surface area contributed by atoms with E-state index in [1.165, 1.54) is 0 Å². The van der Waals surface area contributed by atoms with Crippen LogP contribution in [0.3, 0.4) is 0 Å². The molecule has 2 heteroatoms. The number of pyridine rings is 1. The van der Waals surface area contributed by atoms with E-state index in [2.05, 4.69) is 23.1 Å². The molecular formula is C14H16N2. The highest BCUT2D eigenvalue weighted by molar-refractivity contribution is 5.77. The third-order valence-corrected chi connectivity index (χ3v) is 2.15. The van der Waals surface area contributed by atoms with E-state index in [4.69, 9.17) is 0 Å². The van der Waals surface area contributed by atoms with Crippen molar-refractivity contribution in [3.05, 3.63) is 67.0 Å². The van der Waals surface area contributed by atoms with Gasteiger partial charge in [0.15, 0.2) is 0 Å². The summed E-state index contributed by atoms with van der Waals surface area (Å²) in [7, 11) is 0. The highest BCUT2D eigenvalue weighted by atomic mass is 14.8. The number of hydrogen-bond donors (Lipinski definition) is 0. The Kier molecular flexibility index (Phi) is 4.93. The monoisotopic (exact) mass is 212 g/mol.